The van der Waals surface area contributed by atoms with Gasteiger partial charge in [-0.15, -0.1) is 0 Å². The van der Waals surface area contributed by atoms with Crippen LogP contribution in [0.15, 0.2) is 60.7 Å². The fourth-order valence-corrected chi connectivity index (χ4v) is 2.36. The SMILES string of the molecule is O=[N+]([O-])c1cc(F)c(O)c(F)c1.O=[N+]([O-])c1ccc(O)cc1Cc1ccccc1. The molecule has 3 aromatic rings. The lowest BCUT2D eigenvalue weighted by Crippen LogP contribution is -1.96. The molecule has 0 radical (unpaired) electrons. The summed E-state index contributed by atoms with van der Waals surface area (Å²) in [6, 6.07) is 14.4. The maximum Gasteiger partial charge on any atom is 0.275 e. The number of halogens is 2. The molecular formula is C19H14F2N2O6. The summed E-state index contributed by atoms with van der Waals surface area (Å²) in [5.41, 5.74) is 0.789. The van der Waals surface area contributed by atoms with E-state index >= 15 is 0 Å². The molecule has 0 heterocycles. The molecule has 29 heavy (non-hydrogen) atoms. The molecule has 0 saturated carbocycles. The Morgan fingerprint density at radius 2 is 1.41 bits per heavy atom. The summed E-state index contributed by atoms with van der Waals surface area (Å²) < 4.78 is 24.8. The number of rotatable bonds is 4. The van der Waals surface area contributed by atoms with Gasteiger partial charge in [0, 0.05) is 18.1 Å². The molecule has 2 N–H and O–H groups in total. The first-order chi connectivity index (χ1) is 13.7. The van der Waals surface area contributed by atoms with Gasteiger partial charge in [-0.25, -0.2) is 8.78 Å². The van der Waals surface area contributed by atoms with Crippen molar-refractivity contribution >= 4 is 11.4 Å². The molecular weight excluding hydrogens is 390 g/mol. The van der Waals surface area contributed by atoms with Crippen molar-refractivity contribution in [3.8, 4) is 11.5 Å². The number of nitro groups is 2. The van der Waals surface area contributed by atoms with Crippen molar-refractivity contribution in [2.24, 2.45) is 0 Å². The van der Waals surface area contributed by atoms with Crippen LogP contribution in [-0.4, -0.2) is 20.1 Å². The number of hydrogen-bond donors (Lipinski definition) is 2. The van der Waals surface area contributed by atoms with Gasteiger partial charge in [0.05, 0.1) is 22.0 Å². The Kier molecular flexibility index (Phi) is 6.75. The van der Waals surface area contributed by atoms with Gasteiger partial charge in [-0.1, -0.05) is 30.3 Å². The van der Waals surface area contributed by atoms with E-state index in [1.165, 1.54) is 18.2 Å². The average Bonchev–Trinajstić information content (AvgIpc) is 2.67. The smallest absolute Gasteiger partial charge is 0.275 e. The molecule has 3 aromatic carbocycles. The number of non-ortho nitro benzene ring substituents is 1. The monoisotopic (exact) mass is 404 g/mol. The molecule has 10 heteroatoms. The Bertz CT molecular complexity index is 1020. The van der Waals surface area contributed by atoms with Crippen LogP contribution in [0, 0.1) is 31.9 Å². The second-order valence-electron chi connectivity index (χ2n) is 5.75. The largest absolute Gasteiger partial charge is 0.508 e. The highest BCUT2D eigenvalue weighted by atomic mass is 19.1. The summed E-state index contributed by atoms with van der Waals surface area (Å²) in [5, 5.41) is 38.8. The quantitative estimate of drug-likeness (QED) is 0.488. The predicted octanol–water partition coefficient (Wildman–Crippen LogP) is 4.47. The van der Waals surface area contributed by atoms with Crippen LogP contribution in [0.5, 0.6) is 11.5 Å². The molecule has 0 aliphatic rings. The Balaban J connectivity index is 0.000000221. The van der Waals surface area contributed by atoms with Crippen LogP contribution in [0.25, 0.3) is 0 Å². The minimum atomic E-state index is -1.35. The third-order valence-corrected chi connectivity index (χ3v) is 3.71. The van der Waals surface area contributed by atoms with Crippen molar-refractivity contribution in [3.63, 3.8) is 0 Å². The number of phenolic OH excluding ortho intramolecular Hbond substituents is 2. The lowest BCUT2D eigenvalue weighted by Gasteiger charge is -2.04. The molecule has 0 bridgehead atoms. The predicted molar refractivity (Wildman–Crippen MR) is 98.7 cm³/mol. The number of aromatic hydroxyl groups is 2. The van der Waals surface area contributed by atoms with Gasteiger partial charge in [-0.2, -0.15) is 0 Å². The third kappa shape index (κ3) is 5.70. The molecule has 150 valence electrons. The van der Waals surface area contributed by atoms with Gasteiger partial charge in [0.15, 0.2) is 17.4 Å². The van der Waals surface area contributed by atoms with E-state index in [0.717, 1.165) is 5.56 Å². The Morgan fingerprint density at radius 1 is 0.828 bits per heavy atom. The minimum Gasteiger partial charge on any atom is -0.508 e. The summed E-state index contributed by atoms with van der Waals surface area (Å²) in [5.74, 6) is -3.86. The molecule has 3 rings (SSSR count). The van der Waals surface area contributed by atoms with Crippen LogP contribution < -0.4 is 0 Å². The maximum absolute atomic E-state index is 12.4. The van der Waals surface area contributed by atoms with Crippen molar-refractivity contribution in [1.82, 2.24) is 0 Å². The first-order valence-corrected chi connectivity index (χ1v) is 8.01. The molecule has 0 aliphatic carbocycles. The second-order valence-corrected chi connectivity index (χ2v) is 5.75. The van der Waals surface area contributed by atoms with Gasteiger partial charge in [-0.05, 0) is 17.7 Å². The fourth-order valence-electron chi connectivity index (χ4n) is 2.36. The van der Waals surface area contributed by atoms with E-state index in [0.29, 0.717) is 24.1 Å². The third-order valence-electron chi connectivity index (χ3n) is 3.71. The van der Waals surface area contributed by atoms with Crippen LogP contribution in [0.1, 0.15) is 11.1 Å². The average molecular weight is 404 g/mol. The molecule has 8 nitrogen and oxygen atoms in total. The minimum absolute atomic E-state index is 0.0339. The number of phenols is 2. The normalized spacial score (nSPS) is 10.0. The highest BCUT2D eigenvalue weighted by molar-refractivity contribution is 5.47. The first-order valence-electron chi connectivity index (χ1n) is 8.01. The summed E-state index contributed by atoms with van der Waals surface area (Å²) in [6.07, 6.45) is 0.436. The summed E-state index contributed by atoms with van der Waals surface area (Å²) in [4.78, 5) is 19.5. The number of hydrogen-bond acceptors (Lipinski definition) is 6. The van der Waals surface area contributed by atoms with Crippen LogP contribution in [-0.2, 0) is 6.42 Å². The Labute approximate surface area is 162 Å². The molecule has 0 fully saturated rings. The van der Waals surface area contributed by atoms with Crippen molar-refractivity contribution in [3.05, 3.63) is 104 Å². The van der Waals surface area contributed by atoms with Gasteiger partial charge >= 0.3 is 0 Å². The lowest BCUT2D eigenvalue weighted by atomic mass is 10.0. The van der Waals surface area contributed by atoms with E-state index in [9.17, 15) is 34.1 Å². The van der Waals surface area contributed by atoms with Gasteiger partial charge < -0.3 is 10.2 Å². The second kappa shape index (κ2) is 9.22. The zero-order chi connectivity index (χ0) is 21.6. The molecule has 0 unspecified atom stereocenters. The molecule has 0 atom stereocenters. The zero-order valence-corrected chi connectivity index (χ0v) is 14.7. The van der Waals surface area contributed by atoms with Crippen LogP contribution >= 0.6 is 0 Å². The van der Waals surface area contributed by atoms with E-state index in [1.807, 2.05) is 30.3 Å². The summed E-state index contributed by atoms with van der Waals surface area (Å²) in [6.45, 7) is 0. The van der Waals surface area contributed by atoms with Gasteiger partial charge in [-0.3, -0.25) is 20.2 Å². The first kappa shape index (κ1) is 21.2. The fraction of sp³-hybridized carbons (Fsp3) is 0.0526. The molecule has 0 spiro atoms. The van der Waals surface area contributed by atoms with Gasteiger partial charge in [0.25, 0.3) is 11.4 Å². The standard InChI is InChI=1S/C13H11NO3.C6H3F2NO3/c15-12-6-7-13(14(16)17)11(9-12)8-10-4-2-1-3-5-10;7-4-1-3(9(11)12)2-5(8)6(4)10/h1-7,9,15H,8H2;1-2,10H. The van der Waals surface area contributed by atoms with E-state index in [4.69, 9.17) is 5.11 Å². The number of nitro benzene ring substituents is 2. The van der Waals surface area contributed by atoms with Crippen LogP contribution in [0.4, 0.5) is 20.2 Å². The number of benzene rings is 3. The molecule has 0 aliphatic heterocycles. The Morgan fingerprint density at radius 3 is 1.93 bits per heavy atom. The van der Waals surface area contributed by atoms with Crippen molar-refractivity contribution in [2.75, 3.05) is 0 Å². The highest BCUT2D eigenvalue weighted by Gasteiger charge is 2.16. The number of nitrogens with zero attached hydrogens (tertiary/aromatic N) is 2. The van der Waals surface area contributed by atoms with Crippen LogP contribution in [0.3, 0.4) is 0 Å². The van der Waals surface area contributed by atoms with Gasteiger partial charge in [0.1, 0.15) is 5.75 Å². The summed E-state index contributed by atoms with van der Waals surface area (Å²) in [7, 11) is 0. The van der Waals surface area contributed by atoms with Crippen molar-refractivity contribution in [1.29, 1.82) is 0 Å². The Hall–Kier alpha value is -4.08. The maximum atomic E-state index is 12.4. The van der Waals surface area contributed by atoms with Gasteiger partial charge in [0.2, 0.25) is 0 Å². The highest BCUT2D eigenvalue weighted by Crippen LogP contribution is 2.26. The van der Waals surface area contributed by atoms with E-state index in [-0.39, 0.29) is 11.4 Å². The van der Waals surface area contributed by atoms with E-state index < -0.39 is 32.9 Å². The van der Waals surface area contributed by atoms with Crippen molar-refractivity contribution < 1.29 is 28.8 Å². The van der Waals surface area contributed by atoms with Crippen molar-refractivity contribution in [2.45, 2.75) is 6.42 Å². The molecule has 0 saturated heterocycles. The topological polar surface area (TPSA) is 127 Å². The van der Waals surface area contributed by atoms with E-state index in [2.05, 4.69) is 0 Å². The zero-order valence-electron chi connectivity index (χ0n) is 14.7. The molecule has 0 amide bonds. The molecule has 0 aromatic heterocycles. The van der Waals surface area contributed by atoms with E-state index in [1.54, 1.807) is 0 Å². The lowest BCUT2D eigenvalue weighted by molar-refractivity contribution is -0.385. The summed E-state index contributed by atoms with van der Waals surface area (Å²) >= 11 is 0. The van der Waals surface area contributed by atoms with Crippen LogP contribution in [0.2, 0.25) is 0 Å².